The number of aromatic nitrogens is 1. The molecule has 28 heavy (non-hydrogen) atoms. The Morgan fingerprint density at radius 1 is 1.11 bits per heavy atom. The third-order valence-corrected chi connectivity index (χ3v) is 5.86. The van der Waals surface area contributed by atoms with E-state index in [1.807, 2.05) is 30.5 Å². The summed E-state index contributed by atoms with van der Waals surface area (Å²) in [5.41, 5.74) is 1.10. The zero-order chi connectivity index (χ0) is 19.2. The molecule has 2 saturated heterocycles. The molecule has 2 aliphatic rings. The molecule has 0 spiro atoms. The van der Waals surface area contributed by atoms with E-state index in [2.05, 4.69) is 14.8 Å². The predicted octanol–water partition coefficient (Wildman–Crippen LogP) is 3.09. The average Bonchev–Trinajstić information content (AvgIpc) is 3.26. The summed E-state index contributed by atoms with van der Waals surface area (Å²) in [6.07, 6.45) is 9.29. The van der Waals surface area contributed by atoms with Crippen molar-refractivity contribution in [2.45, 2.75) is 44.9 Å². The number of carbonyl (C=O) groups is 1. The van der Waals surface area contributed by atoms with E-state index in [0.29, 0.717) is 12.5 Å². The normalized spacial score (nSPS) is 19.8. The minimum absolute atomic E-state index is 0.167. The molecule has 6 heteroatoms. The van der Waals surface area contributed by atoms with Gasteiger partial charge in [0.2, 0.25) is 5.91 Å². The van der Waals surface area contributed by atoms with Crippen LogP contribution in [-0.2, 0) is 22.7 Å². The fourth-order valence-electron chi connectivity index (χ4n) is 4.16. The SMILES string of the molecule is O=C(C1CCN(Cc2ccco2)CC1)N1CCC(OCc2cccnc2)CC1. The van der Waals surface area contributed by atoms with Crippen molar-refractivity contribution in [3.63, 3.8) is 0 Å². The standard InChI is InChI=1S/C22H29N3O3/c26-22(19-5-10-24(11-6-19)16-21-4-2-14-27-21)25-12-7-20(8-13-25)28-17-18-3-1-9-23-15-18/h1-4,9,14-15,19-20H,5-8,10-13,16-17H2. The van der Waals surface area contributed by atoms with E-state index in [0.717, 1.165) is 69.7 Å². The summed E-state index contributed by atoms with van der Waals surface area (Å²) in [5.74, 6) is 1.50. The Kier molecular flexibility index (Phi) is 6.39. The summed E-state index contributed by atoms with van der Waals surface area (Å²) in [5, 5.41) is 0. The number of furan rings is 1. The van der Waals surface area contributed by atoms with Crippen molar-refractivity contribution in [3.05, 3.63) is 54.2 Å². The number of nitrogens with zero attached hydrogens (tertiary/aromatic N) is 3. The highest BCUT2D eigenvalue weighted by atomic mass is 16.5. The van der Waals surface area contributed by atoms with E-state index in [9.17, 15) is 4.79 Å². The molecule has 2 aliphatic heterocycles. The van der Waals surface area contributed by atoms with Crippen LogP contribution in [0.2, 0.25) is 0 Å². The molecule has 0 atom stereocenters. The predicted molar refractivity (Wildman–Crippen MR) is 105 cm³/mol. The van der Waals surface area contributed by atoms with Crippen molar-refractivity contribution < 1.29 is 13.9 Å². The minimum Gasteiger partial charge on any atom is -0.468 e. The molecule has 0 radical (unpaired) electrons. The van der Waals surface area contributed by atoms with Crippen LogP contribution >= 0.6 is 0 Å². The number of likely N-dealkylation sites (tertiary alicyclic amines) is 2. The summed E-state index contributed by atoms with van der Waals surface area (Å²) in [7, 11) is 0. The average molecular weight is 383 g/mol. The Balaban J connectivity index is 1.17. The van der Waals surface area contributed by atoms with Crippen molar-refractivity contribution in [1.82, 2.24) is 14.8 Å². The fraction of sp³-hybridized carbons (Fsp3) is 0.545. The third-order valence-electron chi connectivity index (χ3n) is 5.86. The monoisotopic (exact) mass is 383 g/mol. The number of piperidine rings is 2. The minimum atomic E-state index is 0.167. The lowest BCUT2D eigenvalue weighted by molar-refractivity contribution is -0.140. The fourth-order valence-corrected chi connectivity index (χ4v) is 4.16. The largest absolute Gasteiger partial charge is 0.468 e. The highest BCUT2D eigenvalue weighted by Crippen LogP contribution is 2.24. The van der Waals surface area contributed by atoms with Gasteiger partial charge in [0, 0.05) is 31.4 Å². The van der Waals surface area contributed by atoms with E-state index in [1.165, 1.54) is 0 Å². The smallest absolute Gasteiger partial charge is 0.225 e. The van der Waals surface area contributed by atoms with Gasteiger partial charge in [-0.2, -0.15) is 0 Å². The van der Waals surface area contributed by atoms with Crippen molar-refractivity contribution >= 4 is 5.91 Å². The maximum Gasteiger partial charge on any atom is 0.225 e. The van der Waals surface area contributed by atoms with Crippen LogP contribution in [0.1, 0.15) is 37.0 Å². The lowest BCUT2D eigenvalue weighted by atomic mass is 9.94. The quantitative estimate of drug-likeness (QED) is 0.767. The number of hydrogen-bond donors (Lipinski definition) is 0. The van der Waals surface area contributed by atoms with Crippen LogP contribution < -0.4 is 0 Å². The van der Waals surface area contributed by atoms with Gasteiger partial charge in [-0.05, 0) is 62.5 Å². The zero-order valence-corrected chi connectivity index (χ0v) is 16.3. The van der Waals surface area contributed by atoms with Gasteiger partial charge in [-0.1, -0.05) is 6.07 Å². The number of ether oxygens (including phenoxy) is 1. The van der Waals surface area contributed by atoms with E-state index in [-0.39, 0.29) is 12.0 Å². The summed E-state index contributed by atoms with van der Waals surface area (Å²) >= 11 is 0. The molecule has 0 aliphatic carbocycles. The van der Waals surface area contributed by atoms with Gasteiger partial charge in [-0.25, -0.2) is 0 Å². The second-order valence-corrected chi connectivity index (χ2v) is 7.83. The highest BCUT2D eigenvalue weighted by molar-refractivity contribution is 5.79. The number of hydrogen-bond acceptors (Lipinski definition) is 5. The molecule has 2 aromatic heterocycles. The highest BCUT2D eigenvalue weighted by Gasteiger charge is 2.31. The molecule has 1 amide bonds. The van der Waals surface area contributed by atoms with Gasteiger partial charge in [-0.3, -0.25) is 14.7 Å². The third kappa shape index (κ3) is 5.00. The van der Waals surface area contributed by atoms with Crippen molar-refractivity contribution in [2.24, 2.45) is 5.92 Å². The van der Waals surface area contributed by atoms with Crippen LogP contribution in [0, 0.1) is 5.92 Å². The Bertz CT molecular complexity index is 719. The Morgan fingerprint density at radius 2 is 1.93 bits per heavy atom. The second-order valence-electron chi connectivity index (χ2n) is 7.83. The number of pyridine rings is 1. The van der Waals surface area contributed by atoms with Gasteiger partial charge in [0.1, 0.15) is 5.76 Å². The molecule has 0 unspecified atom stereocenters. The second kappa shape index (κ2) is 9.34. The maximum atomic E-state index is 12.9. The van der Waals surface area contributed by atoms with Crippen molar-refractivity contribution in [3.8, 4) is 0 Å². The molecule has 6 nitrogen and oxygen atoms in total. The number of carbonyl (C=O) groups excluding carboxylic acids is 1. The van der Waals surface area contributed by atoms with E-state index >= 15 is 0 Å². The molecule has 0 bridgehead atoms. The summed E-state index contributed by atoms with van der Waals surface area (Å²) < 4.78 is 11.4. The summed E-state index contributed by atoms with van der Waals surface area (Å²) in [6.45, 7) is 4.98. The molecule has 4 heterocycles. The molecule has 0 saturated carbocycles. The van der Waals surface area contributed by atoms with Gasteiger partial charge in [0.25, 0.3) is 0 Å². The Labute approximate surface area is 166 Å². The van der Waals surface area contributed by atoms with Crippen LogP contribution in [0.5, 0.6) is 0 Å². The number of rotatable bonds is 6. The van der Waals surface area contributed by atoms with E-state index < -0.39 is 0 Å². The van der Waals surface area contributed by atoms with Gasteiger partial charge in [-0.15, -0.1) is 0 Å². The molecule has 2 aromatic rings. The summed E-state index contributed by atoms with van der Waals surface area (Å²) in [4.78, 5) is 21.5. The lowest BCUT2D eigenvalue weighted by Gasteiger charge is -2.37. The van der Waals surface area contributed by atoms with E-state index in [4.69, 9.17) is 9.15 Å². The van der Waals surface area contributed by atoms with Crippen LogP contribution in [-0.4, -0.2) is 53.0 Å². The first-order valence-electron chi connectivity index (χ1n) is 10.3. The van der Waals surface area contributed by atoms with Gasteiger partial charge in [0.05, 0.1) is 25.5 Å². The van der Waals surface area contributed by atoms with Gasteiger partial charge >= 0.3 is 0 Å². The summed E-state index contributed by atoms with van der Waals surface area (Å²) in [6, 6.07) is 7.90. The molecule has 0 aromatic carbocycles. The van der Waals surface area contributed by atoms with Gasteiger partial charge in [0.15, 0.2) is 0 Å². The first-order valence-corrected chi connectivity index (χ1v) is 10.3. The maximum absolute atomic E-state index is 12.9. The molecule has 0 N–H and O–H groups in total. The van der Waals surface area contributed by atoms with Crippen LogP contribution in [0.25, 0.3) is 0 Å². The molecular weight excluding hydrogens is 354 g/mol. The van der Waals surface area contributed by atoms with Crippen LogP contribution in [0.4, 0.5) is 0 Å². The number of amides is 1. The topological polar surface area (TPSA) is 58.8 Å². The van der Waals surface area contributed by atoms with E-state index in [1.54, 1.807) is 12.5 Å². The van der Waals surface area contributed by atoms with Gasteiger partial charge < -0.3 is 14.1 Å². The first-order chi connectivity index (χ1) is 13.8. The zero-order valence-electron chi connectivity index (χ0n) is 16.3. The van der Waals surface area contributed by atoms with Crippen molar-refractivity contribution in [1.29, 1.82) is 0 Å². The van der Waals surface area contributed by atoms with Crippen LogP contribution in [0.3, 0.4) is 0 Å². The molecule has 150 valence electrons. The molecule has 2 fully saturated rings. The Hall–Kier alpha value is -2.18. The lowest BCUT2D eigenvalue weighted by Crippen LogP contribution is -2.46. The molecule has 4 rings (SSSR count). The molecular formula is C22H29N3O3. The van der Waals surface area contributed by atoms with Crippen molar-refractivity contribution in [2.75, 3.05) is 26.2 Å². The van der Waals surface area contributed by atoms with Crippen LogP contribution in [0.15, 0.2) is 47.3 Å². The first kappa shape index (κ1) is 19.2. The Morgan fingerprint density at radius 3 is 2.61 bits per heavy atom.